The number of rotatable bonds is 9. The van der Waals surface area contributed by atoms with Crippen molar-refractivity contribution in [1.29, 1.82) is 0 Å². The van der Waals surface area contributed by atoms with E-state index < -0.39 is 0 Å². The summed E-state index contributed by atoms with van der Waals surface area (Å²) in [7, 11) is 0. The van der Waals surface area contributed by atoms with Crippen LogP contribution in [-0.4, -0.2) is 49.3 Å². The lowest BCUT2D eigenvalue weighted by Gasteiger charge is -2.33. The zero-order chi connectivity index (χ0) is 25.2. The van der Waals surface area contributed by atoms with E-state index in [-0.39, 0.29) is 23.7 Å². The third-order valence-corrected chi connectivity index (χ3v) is 8.70. The van der Waals surface area contributed by atoms with Crippen LogP contribution in [0.1, 0.15) is 79.4 Å². The molecule has 1 saturated carbocycles. The van der Waals surface area contributed by atoms with Crippen molar-refractivity contribution in [3.05, 3.63) is 74.0 Å². The third kappa shape index (κ3) is 5.12. The van der Waals surface area contributed by atoms with Gasteiger partial charge in [-0.2, -0.15) is 0 Å². The van der Waals surface area contributed by atoms with Gasteiger partial charge in [0.15, 0.2) is 5.82 Å². The Morgan fingerprint density at radius 3 is 2.84 bits per heavy atom. The summed E-state index contributed by atoms with van der Waals surface area (Å²) in [5, 5.41) is 16.3. The summed E-state index contributed by atoms with van der Waals surface area (Å²) in [4.78, 5) is 20.5. The van der Waals surface area contributed by atoms with Crippen molar-refractivity contribution in [3.8, 4) is 0 Å². The Hall–Kier alpha value is -2.88. The quantitative estimate of drug-likeness (QED) is 0.335. The van der Waals surface area contributed by atoms with Crippen molar-refractivity contribution in [2.45, 2.75) is 76.6 Å². The van der Waals surface area contributed by atoms with Gasteiger partial charge in [-0.25, -0.2) is 4.68 Å². The predicted molar refractivity (Wildman–Crippen MR) is 145 cm³/mol. The molecular weight excluding hydrogens is 484 g/mol. The van der Waals surface area contributed by atoms with Crippen LogP contribution >= 0.6 is 11.3 Å². The third-order valence-electron chi connectivity index (χ3n) is 7.84. The zero-order valence-electron chi connectivity index (χ0n) is 21.3. The smallest absolute Gasteiger partial charge is 0.253 e. The molecule has 1 aliphatic heterocycles. The van der Waals surface area contributed by atoms with Crippen LogP contribution in [0.3, 0.4) is 0 Å². The number of tetrazole rings is 1. The molecule has 1 N–H and O–H groups in total. The fraction of sp³-hybridized carbons (Fsp3) is 0.500. The molecule has 1 aromatic carbocycles. The minimum absolute atomic E-state index is 0.0914. The Labute approximate surface area is 220 Å². The van der Waals surface area contributed by atoms with Crippen molar-refractivity contribution in [2.24, 2.45) is 0 Å². The molecule has 0 spiro atoms. The minimum Gasteiger partial charge on any atom is -0.377 e. The summed E-state index contributed by atoms with van der Waals surface area (Å²) < 4.78 is 8.08. The van der Waals surface area contributed by atoms with Gasteiger partial charge in [0.1, 0.15) is 6.04 Å². The van der Waals surface area contributed by atoms with Gasteiger partial charge in [-0.05, 0) is 83.1 Å². The summed E-state index contributed by atoms with van der Waals surface area (Å²) >= 11 is 1.73. The summed E-state index contributed by atoms with van der Waals surface area (Å²) in [6.07, 6.45) is 7.65. The van der Waals surface area contributed by atoms with Gasteiger partial charge in [-0.3, -0.25) is 9.69 Å². The van der Waals surface area contributed by atoms with Crippen LogP contribution in [0.5, 0.6) is 0 Å². The molecule has 0 amide bonds. The fourth-order valence-corrected chi connectivity index (χ4v) is 6.63. The van der Waals surface area contributed by atoms with Crippen LogP contribution in [0, 0.1) is 0 Å². The van der Waals surface area contributed by atoms with Crippen molar-refractivity contribution in [2.75, 3.05) is 13.2 Å². The van der Waals surface area contributed by atoms with Crippen LogP contribution in [-0.2, 0) is 17.7 Å². The van der Waals surface area contributed by atoms with E-state index >= 15 is 0 Å². The molecule has 4 heterocycles. The number of aryl methyl sites for hydroxylation is 1. The largest absolute Gasteiger partial charge is 0.377 e. The molecule has 3 aromatic heterocycles. The number of nitrogens with one attached hydrogen (secondary N) is 1. The van der Waals surface area contributed by atoms with Gasteiger partial charge >= 0.3 is 0 Å². The maximum absolute atomic E-state index is 13.7. The molecule has 0 unspecified atom stereocenters. The highest BCUT2D eigenvalue weighted by Crippen LogP contribution is 2.35. The van der Waals surface area contributed by atoms with Crippen LogP contribution in [0.15, 0.2) is 46.6 Å². The number of hydrogen-bond acceptors (Lipinski definition) is 7. The van der Waals surface area contributed by atoms with E-state index in [4.69, 9.17) is 4.74 Å². The highest BCUT2D eigenvalue weighted by molar-refractivity contribution is 7.09. The van der Waals surface area contributed by atoms with Gasteiger partial charge in [0, 0.05) is 35.7 Å². The maximum Gasteiger partial charge on any atom is 0.253 e. The first-order valence-electron chi connectivity index (χ1n) is 13.5. The van der Waals surface area contributed by atoms with E-state index in [2.05, 4.69) is 68.0 Å². The molecule has 194 valence electrons. The molecule has 2 aliphatic rings. The predicted octanol–water partition coefficient (Wildman–Crippen LogP) is 5.02. The molecule has 2 atom stereocenters. The fourth-order valence-electron chi connectivity index (χ4n) is 5.90. The Morgan fingerprint density at radius 1 is 1.19 bits per heavy atom. The van der Waals surface area contributed by atoms with Crippen LogP contribution < -0.4 is 5.56 Å². The van der Waals surface area contributed by atoms with Crippen molar-refractivity contribution in [1.82, 2.24) is 30.1 Å². The first-order valence-corrected chi connectivity index (χ1v) is 14.4. The molecule has 2 fully saturated rings. The number of fused-ring (bicyclic) bond motifs is 1. The highest BCUT2D eigenvalue weighted by atomic mass is 32.1. The van der Waals surface area contributed by atoms with E-state index in [0.717, 1.165) is 55.4 Å². The average Bonchev–Trinajstić information content (AvgIpc) is 3.73. The van der Waals surface area contributed by atoms with E-state index in [1.165, 1.54) is 23.3 Å². The second kappa shape index (κ2) is 10.8. The number of hydrogen-bond donors (Lipinski definition) is 1. The number of ether oxygens (including phenoxy) is 1. The molecule has 4 aromatic rings. The SMILES string of the molecule is CCc1ccc2[nH]c(=O)c([C@@H](c3nnnn3C3CCCC3)N(Cc3cccs3)C[C@@H]3CCCO3)cc2c1. The lowest BCUT2D eigenvalue weighted by Crippen LogP contribution is -2.39. The normalized spacial score (nSPS) is 19.4. The van der Waals surface area contributed by atoms with Gasteiger partial charge in [0.2, 0.25) is 0 Å². The van der Waals surface area contributed by atoms with E-state index in [9.17, 15) is 4.79 Å². The van der Waals surface area contributed by atoms with Crippen LogP contribution in [0.25, 0.3) is 10.9 Å². The maximum atomic E-state index is 13.7. The molecule has 9 heteroatoms. The van der Waals surface area contributed by atoms with E-state index in [1.54, 1.807) is 11.3 Å². The van der Waals surface area contributed by atoms with Crippen LogP contribution in [0.4, 0.5) is 0 Å². The van der Waals surface area contributed by atoms with E-state index in [0.29, 0.717) is 18.7 Å². The first kappa shape index (κ1) is 24.5. The van der Waals surface area contributed by atoms with Gasteiger partial charge in [-0.15, -0.1) is 16.4 Å². The van der Waals surface area contributed by atoms with Crippen molar-refractivity contribution < 1.29 is 4.74 Å². The number of pyridine rings is 1. The summed E-state index contributed by atoms with van der Waals surface area (Å²) in [6.45, 7) is 4.35. The number of H-pyrrole nitrogens is 1. The number of aromatic nitrogens is 5. The Bertz CT molecular complexity index is 1390. The van der Waals surface area contributed by atoms with Gasteiger partial charge in [-0.1, -0.05) is 31.9 Å². The minimum atomic E-state index is -0.389. The average molecular weight is 519 g/mol. The Kier molecular flexibility index (Phi) is 7.17. The molecule has 37 heavy (non-hydrogen) atoms. The highest BCUT2D eigenvalue weighted by Gasteiger charge is 2.35. The number of benzene rings is 1. The standard InChI is InChI=1S/C28H34N6O2S/c1-2-19-11-12-25-20(15-19)16-24(28(35)29-25)26(27-30-31-32-34(27)21-7-3-4-8-21)33(17-22-9-5-13-36-22)18-23-10-6-14-37-23/h6,10-12,14-16,21-22,26H,2-5,7-9,13,17-18H2,1H3,(H,29,35)/t22-,26-/m0/s1. The lowest BCUT2D eigenvalue weighted by molar-refractivity contribution is 0.0574. The van der Waals surface area contributed by atoms with Crippen molar-refractivity contribution in [3.63, 3.8) is 0 Å². The monoisotopic (exact) mass is 518 g/mol. The number of aromatic amines is 1. The second-order valence-electron chi connectivity index (χ2n) is 10.3. The molecule has 8 nitrogen and oxygen atoms in total. The second-order valence-corrected chi connectivity index (χ2v) is 11.3. The Morgan fingerprint density at radius 2 is 2.08 bits per heavy atom. The van der Waals surface area contributed by atoms with Crippen LogP contribution in [0.2, 0.25) is 0 Å². The number of thiophene rings is 1. The van der Waals surface area contributed by atoms with Gasteiger partial charge < -0.3 is 9.72 Å². The number of nitrogens with zero attached hydrogens (tertiary/aromatic N) is 5. The lowest BCUT2D eigenvalue weighted by atomic mass is 10.0. The zero-order valence-corrected chi connectivity index (χ0v) is 22.1. The molecule has 1 aliphatic carbocycles. The van der Waals surface area contributed by atoms with Gasteiger partial charge in [0.25, 0.3) is 5.56 Å². The molecule has 0 radical (unpaired) electrons. The molecular formula is C28H34N6O2S. The molecule has 1 saturated heterocycles. The topological polar surface area (TPSA) is 88.9 Å². The molecule has 0 bridgehead atoms. The van der Waals surface area contributed by atoms with Gasteiger partial charge in [0.05, 0.1) is 12.1 Å². The van der Waals surface area contributed by atoms with Crippen molar-refractivity contribution >= 4 is 22.2 Å². The summed E-state index contributed by atoms with van der Waals surface area (Å²) in [5.41, 5.74) is 2.69. The summed E-state index contributed by atoms with van der Waals surface area (Å²) in [6, 6.07) is 12.4. The first-order chi connectivity index (χ1) is 18.2. The van der Waals surface area contributed by atoms with E-state index in [1.807, 2.05) is 10.7 Å². The Balaban J connectivity index is 1.50. The molecule has 6 rings (SSSR count). The summed E-state index contributed by atoms with van der Waals surface area (Å²) in [5.74, 6) is 0.748.